The van der Waals surface area contributed by atoms with Gasteiger partial charge in [0, 0.05) is 42.7 Å². The highest BCUT2D eigenvalue weighted by atomic mass is 17.2. The van der Waals surface area contributed by atoms with Crippen LogP contribution in [0.1, 0.15) is 40.5 Å². The van der Waals surface area contributed by atoms with E-state index in [0.29, 0.717) is 53.7 Å². The molecule has 226 valence electrons. The van der Waals surface area contributed by atoms with Crippen molar-refractivity contribution in [1.29, 1.82) is 0 Å². The van der Waals surface area contributed by atoms with E-state index in [0.717, 1.165) is 25.9 Å². The number of piperidine rings is 1. The van der Waals surface area contributed by atoms with Gasteiger partial charge in [0.25, 0.3) is 0 Å². The van der Waals surface area contributed by atoms with Gasteiger partial charge in [-0.2, -0.15) is 0 Å². The first kappa shape index (κ1) is 28.8. The van der Waals surface area contributed by atoms with Crippen LogP contribution in [0.5, 0.6) is 17.2 Å². The van der Waals surface area contributed by atoms with Crippen LogP contribution in [0, 0.1) is 17.8 Å². The normalized spacial score (nSPS) is 27.1. The molecule has 2 fully saturated rings. The summed E-state index contributed by atoms with van der Waals surface area (Å²) in [5.74, 6) is 1.31. The van der Waals surface area contributed by atoms with Crippen LogP contribution in [-0.4, -0.2) is 83.3 Å². The number of rotatable bonds is 9. The van der Waals surface area contributed by atoms with Crippen molar-refractivity contribution in [1.82, 2.24) is 9.88 Å². The summed E-state index contributed by atoms with van der Waals surface area (Å²) in [5.41, 5.74) is 4.28. The Labute approximate surface area is 246 Å². The number of carbonyl (C=O) groups is 1. The van der Waals surface area contributed by atoms with Crippen molar-refractivity contribution >= 4 is 16.9 Å². The van der Waals surface area contributed by atoms with Crippen molar-refractivity contribution in [2.24, 2.45) is 17.8 Å². The van der Waals surface area contributed by atoms with E-state index in [1.54, 1.807) is 19.2 Å². The summed E-state index contributed by atoms with van der Waals surface area (Å²) in [4.78, 5) is 30.5. The lowest BCUT2D eigenvalue weighted by molar-refractivity contribution is -0.295. The number of para-hydroxylation sites is 1. The Hall–Kier alpha value is -3.31. The number of aromatic nitrogens is 1. The van der Waals surface area contributed by atoms with Crippen molar-refractivity contribution in [3.8, 4) is 17.2 Å². The average molecular weight is 581 g/mol. The lowest BCUT2D eigenvalue weighted by atomic mass is 9.64. The van der Waals surface area contributed by atoms with Crippen LogP contribution >= 0.6 is 0 Å². The number of ether oxygens (including phenoxy) is 5. The molecule has 2 aromatic carbocycles. The van der Waals surface area contributed by atoms with Crippen LogP contribution in [-0.2, 0) is 25.7 Å². The van der Waals surface area contributed by atoms with E-state index in [9.17, 15) is 4.79 Å². The van der Waals surface area contributed by atoms with Gasteiger partial charge in [-0.15, -0.1) is 0 Å². The number of nitrogens with one attached hydrogen (secondary N) is 1. The van der Waals surface area contributed by atoms with Gasteiger partial charge in [0.15, 0.2) is 11.5 Å². The molecule has 2 aliphatic heterocycles. The second kappa shape index (κ2) is 12.1. The average Bonchev–Trinajstić information content (AvgIpc) is 3.41. The second-order valence-electron chi connectivity index (χ2n) is 11.4. The maximum Gasteiger partial charge on any atom is 0.338 e. The van der Waals surface area contributed by atoms with Crippen LogP contribution < -0.4 is 14.2 Å². The van der Waals surface area contributed by atoms with Gasteiger partial charge in [-0.25, -0.2) is 14.6 Å². The molecule has 1 aromatic heterocycles. The molecular weight excluding hydrogens is 540 g/mol. The minimum Gasteiger partial charge on any atom is -0.493 e. The Kier molecular flexibility index (Phi) is 8.31. The molecule has 1 aliphatic carbocycles. The largest absolute Gasteiger partial charge is 0.493 e. The molecule has 1 N–H and O–H groups in total. The van der Waals surface area contributed by atoms with Crippen molar-refractivity contribution < 1.29 is 38.3 Å². The molecule has 1 saturated carbocycles. The van der Waals surface area contributed by atoms with Gasteiger partial charge in [0.05, 0.1) is 52.8 Å². The molecule has 6 rings (SSSR count). The van der Waals surface area contributed by atoms with Crippen LogP contribution in [0.15, 0.2) is 36.4 Å². The van der Waals surface area contributed by atoms with E-state index in [4.69, 9.17) is 33.5 Å². The molecule has 0 unspecified atom stereocenters. The third-order valence-corrected chi connectivity index (χ3v) is 9.52. The van der Waals surface area contributed by atoms with Gasteiger partial charge in [-0.3, -0.25) is 4.90 Å². The van der Waals surface area contributed by atoms with E-state index in [1.807, 2.05) is 0 Å². The number of fused-ring (bicyclic) bond motifs is 6. The third-order valence-electron chi connectivity index (χ3n) is 9.52. The summed E-state index contributed by atoms with van der Waals surface area (Å²) >= 11 is 0. The smallest absolute Gasteiger partial charge is 0.338 e. The van der Waals surface area contributed by atoms with E-state index >= 15 is 0 Å². The number of aromatic amines is 1. The SMILES string of the molecule is COOC[C@H]1[C@H]2C[C@@H]3c4[nH]c5ccccc5c4CCN3C[C@H]2C[C@@H](OC(=O)c2cc(OC)c(OC)c(OC)c2)[C@@H]1OC. The predicted octanol–water partition coefficient (Wildman–Crippen LogP) is 4.57. The zero-order valence-corrected chi connectivity index (χ0v) is 24.9. The van der Waals surface area contributed by atoms with Gasteiger partial charge < -0.3 is 28.7 Å². The quantitative estimate of drug-likeness (QED) is 0.222. The Morgan fingerprint density at radius 3 is 2.45 bits per heavy atom. The monoisotopic (exact) mass is 580 g/mol. The van der Waals surface area contributed by atoms with Crippen molar-refractivity contribution in [3.05, 3.63) is 53.2 Å². The number of H-pyrrole nitrogens is 1. The zero-order valence-electron chi connectivity index (χ0n) is 24.9. The summed E-state index contributed by atoms with van der Waals surface area (Å²) < 4.78 is 28.6. The van der Waals surface area contributed by atoms with Gasteiger partial charge in [-0.1, -0.05) is 18.2 Å². The highest BCUT2D eigenvalue weighted by Gasteiger charge is 2.52. The number of nitrogens with zero attached hydrogens (tertiary/aromatic N) is 1. The fourth-order valence-electron chi connectivity index (χ4n) is 7.68. The van der Waals surface area contributed by atoms with Crippen molar-refractivity contribution in [2.45, 2.75) is 37.5 Å². The molecule has 0 amide bonds. The summed E-state index contributed by atoms with van der Waals surface area (Å²) in [6, 6.07) is 12.1. The predicted molar refractivity (Wildman–Crippen MR) is 155 cm³/mol. The lowest BCUT2D eigenvalue weighted by Crippen LogP contribution is -2.57. The Bertz CT molecular complexity index is 1400. The van der Waals surface area contributed by atoms with Gasteiger partial charge in [0.1, 0.15) is 6.10 Å². The molecule has 10 nitrogen and oxygen atoms in total. The highest BCUT2D eigenvalue weighted by Crippen LogP contribution is 2.50. The minimum absolute atomic E-state index is 0.0247. The van der Waals surface area contributed by atoms with E-state index in [-0.39, 0.29) is 12.0 Å². The topological polar surface area (TPSA) is 101 Å². The number of methoxy groups -OCH3 is 4. The summed E-state index contributed by atoms with van der Waals surface area (Å²) in [7, 11) is 7.76. The number of carbonyl (C=O) groups excluding carboxylic acids is 1. The molecule has 0 bridgehead atoms. The zero-order chi connectivity index (χ0) is 29.4. The van der Waals surface area contributed by atoms with E-state index < -0.39 is 12.1 Å². The van der Waals surface area contributed by atoms with Crippen LogP contribution in [0.3, 0.4) is 0 Å². The molecule has 10 heteroatoms. The standard InChI is InChI=1S/C32H40N2O8/c1-36-26-12-18(13-27(37-2)31(26)39-4)32(35)42-28-14-19-16-34-11-10-21-20-8-6-7-9-24(20)33-29(21)25(34)15-22(19)23(17-41-40-5)30(28)38-3/h6-9,12-13,19,22-23,25,28,30,33H,10-11,14-17H2,1-5H3/t19-,22+,23+,25-,28-,30-/m1/s1. The summed E-state index contributed by atoms with van der Waals surface area (Å²) in [6.45, 7) is 2.27. The van der Waals surface area contributed by atoms with Crippen LogP contribution in [0.2, 0.25) is 0 Å². The van der Waals surface area contributed by atoms with Crippen molar-refractivity contribution in [2.75, 3.05) is 55.2 Å². The summed E-state index contributed by atoms with van der Waals surface area (Å²) in [6.07, 6.45) is 1.87. The molecule has 3 heterocycles. The van der Waals surface area contributed by atoms with Gasteiger partial charge >= 0.3 is 5.97 Å². The van der Waals surface area contributed by atoms with Gasteiger partial charge in [-0.05, 0) is 54.9 Å². The highest BCUT2D eigenvalue weighted by molar-refractivity contribution is 5.91. The first-order valence-corrected chi connectivity index (χ1v) is 14.5. The molecule has 3 aliphatic rings. The number of benzene rings is 2. The molecule has 42 heavy (non-hydrogen) atoms. The molecule has 3 aromatic rings. The third kappa shape index (κ3) is 5.00. The molecule has 0 radical (unpaired) electrons. The number of hydrogen-bond acceptors (Lipinski definition) is 9. The fraction of sp³-hybridized carbons (Fsp3) is 0.531. The molecule has 6 atom stereocenters. The number of hydrogen-bond donors (Lipinski definition) is 1. The minimum atomic E-state index is -0.472. The summed E-state index contributed by atoms with van der Waals surface area (Å²) in [5, 5.41) is 1.32. The van der Waals surface area contributed by atoms with Crippen LogP contribution in [0.4, 0.5) is 0 Å². The van der Waals surface area contributed by atoms with Crippen molar-refractivity contribution in [3.63, 3.8) is 0 Å². The maximum atomic E-state index is 13.5. The maximum absolute atomic E-state index is 13.5. The first-order valence-electron chi connectivity index (χ1n) is 14.5. The Morgan fingerprint density at radius 2 is 1.76 bits per heavy atom. The molecule has 0 spiro atoms. The fourth-order valence-corrected chi connectivity index (χ4v) is 7.68. The van der Waals surface area contributed by atoms with E-state index in [1.165, 1.54) is 50.6 Å². The lowest BCUT2D eigenvalue weighted by Gasteiger charge is -2.53. The Morgan fingerprint density at radius 1 is 1.00 bits per heavy atom. The molecule has 1 saturated heterocycles. The molecular formula is C32H40N2O8. The van der Waals surface area contributed by atoms with E-state index in [2.05, 4.69) is 34.1 Å². The Balaban J connectivity index is 1.27. The number of esters is 1. The first-order chi connectivity index (χ1) is 20.5. The van der Waals surface area contributed by atoms with Crippen LogP contribution in [0.25, 0.3) is 10.9 Å². The second-order valence-corrected chi connectivity index (χ2v) is 11.4. The van der Waals surface area contributed by atoms with Gasteiger partial charge in [0.2, 0.25) is 5.75 Å².